The summed E-state index contributed by atoms with van der Waals surface area (Å²) in [5.74, 6) is 0.587. The molecular formula is C6H12O2S2. The van der Waals surface area contributed by atoms with E-state index >= 15 is 0 Å². The number of thiol groups is 1. The molecule has 1 aliphatic rings. The lowest BCUT2D eigenvalue weighted by atomic mass is 10.1. The van der Waals surface area contributed by atoms with Crippen molar-refractivity contribution in [1.82, 2.24) is 0 Å². The molecule has 2 nitrogen and oxygen atoms in total. The van der Waals surface area contributed by atoms with Crippen LogP contribution in [0.3, 0.4) is 0 Å². The normalized spacial score (nSPS) is 38.2. The summed E-state index contributed by atoms with van der Waals surface area (Å²) < 4.78 is 21.7. The van der Waals surface area contributed by atoms with Gasteiger partial charge in [0.2, 0.25) is 0 Å². The van der Waals surface area contributed by atoms with Crippen molar-refractivity contribution in [3.8, 4) is 0 Å². The lowest BCUT2D eigenvalue weighted by Crippen LogP contribution is -2.21. The monoisotopic (exact) mass is 180 g/mol. The lowest BCUT2D eigenvalue weighted by molar-refractivity contribution is 0.597. The molecule has 60 valence electrons. The molecule has 0 aliphatic carbocycles. The van der Waals surface area contributed by atoms with Gasteiger partial charge < -0.3 is 0 Å². The van der Waals surface area contributed by atoms with Crippen molar-refractivity contribution in [3.05, 3.63) is 0 Å². The molecule has 1 rings (SSSR count). The maximum absolute atomic E-state index is 11.0. The summed E-state index contributed by atoms with van der Waals surface area (Å²) in [6, 6.07) is 0. The minimum absolute atomic E-state index is 0.223. The average molecular weight is 180 g/mol. The Bertz CT molecular complexity index is 220. The van der Waals surface area contributed by atoms with Crippen LogP contribution in [0, 0.1) is 0 Å². The highest BCUT2D eigenvalue weighted by Gasteiger charge is 2.37. The van der Waals surface area contributed by atoms with Gasteiger partial charge >= 0.3 is 0 Å². The highest BCUT2D eigenvalue weighted by molar-refractivity contribution is 7.93. The van der Waals surface area contributed by atoms with Gasteiger partial charge in [-0.2, -0.15) is 12.6 Å². The first-order valence-electron chi connectivity index (χ1n) is 3.40. The van der Waals surface area contributed by atoms with Gasteiger partial charge in [-0.1, -0.05) is 6.92 Å². The van der Waals surface area contributed by atoms with Crippen LogP contribution in [0.1, 0.15) is 19.8 Å². The molecule has 0 N–H and O–H groups in total. The molecule has 1 aliphatic heterocycles. The van der Waals surface area contributed by atoms with Gasteiger partial charge in [0.25, 0.3) is 0 Å². The van der Waals surface area contributed by atoms with Crippen LogP contribution in [0.2, 0.25) is 0 Å². The summed E-state index contributed by atoms with van der Waals surface area (Å²) in [6.07, 6.45) is 1.56. The Kier molecular flexibility index (Phi) is 2.02. The van der Waals surface area contributed by atoms with Crippen LogP contribution < -0.4 is 0 Å². The van der Waals surface area contributed by atoms with E-state index in [9.17, 15) is 8.42 Å². The SMILES string of the molecule is CCC1(S)CCS(=O)(=O)C1. The fourth-order valence-electron chi connectivity index (χ4n) is 1.18. The third kappa shape index (κ3) is 1.66. The van der Waals surface area contributed by atoms with Crippen LogP contribution in [-0.2, 0) is 9.84 Å². The molecule has 1 heterocycles. The van der Waals surface area contributed by atoms with E-state index in [1.165, 1.54) is 0 Å². The second kappa shape index (κ2) is 2.41. The molecule has 1 fully saturated rings. The second-order valence-electron chi connectivity index (χ2n) is 2.92. The molecule has 0 saturated carbocycles. The van der Waals surface area contributed by atoms with Gasteiger partial charge in [0, 0.05) is 4.75 Å². The van der Waals surface area contributed by atoms with Crippen molar-refractivity contribution in [2.75, 3.05) is 11.5 Å². The van der Waals surface area contributed by atoms with Gasteiger partial charge in [-0.3, -0.25) is 0 Å². The van der Waals surface area contributed by atoms with Crippen molar-refractivity contribution < 1.29 is 8.42 Å². The van der Waals surface area contributed by atoms with E-state index in [0.717, 1.165) is 12.8 Å². The molecule has 1 saturated heterocycles. The molecule has 0 spiro atoms. The van der Waals surface area contributed by atoms with Crippen LogP contribution in [0.5, 0.6) is 0 Å². The van der Waals surface area contributed by atoms with E-state index in [0.29, 0.717) is 5.75 Å². The van der Waals surface area contributed by atoms with E-state index in [2.05, 4.69) is 12.6 Å². The van der Waals surface area contributed by atoms with Gasteiger partial charge in [-0.15, -0.1) is 0 Å². The van der Waals surface area contributed by atoms with Crippen molar-refractivity contribution in [3.63, 3.8) is 0 Å². The maximum atomic E-state index is 11.0. The molecule has 0 aromatic carbocycles. The Morgan fingerprint density at radius 1 is 1.60 bits per heavy atom. The average Bonchev–Trinajstić information content (AvgIpc) is 2.08. The van der Waals surface area contributed by atoms with Gasteiger partial charge in [0.15, 0.2) is 9.84 Å². The fourth-order valence-corrected chi connectivity index (χ4v) is 4.04. The Labute approximate surface area is 67.3 Å². The predicted octanol–water partition coefficient (Wildman–Crippen LogP) is 0.884. The molecule has 1 unspecified atom stereocenters. The van der Waals surface area contributed by atoms with E-state index < -0.39 is 9.84 Å². The van der Waals surface area contributed by atoms with E-state index in [4.69, 9.17) is 0 Å². The lowest BCUT2D eigenvalue weighted by Gasteiger charge is -2.16. The molecule has 0 aromatic heterocycles. The zero-order valence-corrected chi connectivity index (χ0v) is 7.71. The Morgan fingerprint density at radius 3 is 2.40 bits per heavy atom. The fraction of sp³-hybridized carbons (Fsp3) is 1.00. The van der Waals surface area contributed by atoms with Gasteiger partial charge in [0.1, 0.15) is 0 Å². The van der Waals surface area contributed by atoms with E-state index in [1.807, 2.05) is 6.92 Å². The Hall–Kier alpha value is 0.300. The second-order valence-corrected chi connectivity index (χ2v) is 6.05. The van der Waals surface area contributed by atoms with Gasteiger partial charge in [0.05, 0.1) is 11.5 Å². The third-order valence-electron chi connectivity index (χ3n) is 2.03. The third-order valence-corrected chi connectivity index (χ3v) is 4.76. The largest absolute Gasteiger partial charge is 0.229 e. The molecule has 0 amide bonds. The van der Waals surface area contributed by atoms with Crippen LogP contribution in [0.4, 0.5) is 0 Å². The van der Waals surface area contributed by atoms with Crippen molar-refractivity contribution in [1.29, 1.82) is 0 Å². The highest BCUT2D eigenvalue weighted by Crippen LogP contribution is 2.32. The molecular weight excluding hydrogens is 168 g/mol. The minimum atomic E-state index is -2.74. The van der Waals surface area contributed by atoms with E-state index in [-0.39, 0.29) is 10.5 Å². The minimum Gasteiger partial charge on any atom is -0.229 e. The smallest absolute Gasteiger partial charge is 0.151 e. The molecule has 10 heavy (non-hydrogen) atoms. The summed E-state index contributed by atoms with van der Waals surface area (Å²) in [6.45, 7) is 1.98. The van der Waals surface area contributed by atoms with Crippen molar-refractivity contribution in [2.24, 2.45) is 0 Å². The molecule has 0 aromatic rings. The Morgan fingerprint density at radius 2 is 2.20 bits per heavy atom. The zero-order chi connectivity index (χ0) is 7.83. The number of hydrogen-bond acceptors (Lipinski definition) is 3. The first kappa shape index (κ1) is 8.40. The number of rotatable bonds is 1. The topological polar surface area (TPSA) is 34.1 Å². The van der Waals surface area contributed by atoms with Crippen molar-refractivity contribution >= 4 is 22.5 Å². The van der Waals surface area contributed by atoms with Gasteiger partial charge in [-0.25, -0.2) is 8.42 Å². The summed E-state index contributed by atoms with van der Waals surface area (Å²) in [5, 5.41) is 0. The zero-order valence-electron chi connectivity index (χ0n) is 6.00. The van der Waals surface area contributed by atoms with Crippen LogP contribution in [-0.4, -0.2) is 24.7 Å². The molecule has 1 atom stereocenters. The maximum Gasteiger partial charge on any atom is 0.151 e. The number of sulfone groups is 1. The summed E-state index contributed by atoms with van der Waals surface area (Å²) in [5.41, 5.74) is 0. The molecule has 0 radical (unpaired) electrons. The summed E-state index contributed by atoms with van der Waals surface area (Å²) in [7, 11) is -2.74. The summed E-state index contributed by atoms with van der Waals surface area (Å²) >= 11 is 4.32. The van der Waals surface area contributed by atoms with Crippen molar-refractivity contribution in [2.45, 2.75) is 24.5 Å². The first-order chi connectivity index (χ1) is 4.47. The van der Waals surface area contributed by atoms with Crippen LogP contribution >= 0.6 is 12.6 Å². The standard InChI is InChI=1S/C6H12O2S2/c1-2-6(9)3-4-10(7,8)5-6/h9H,2-5H2,1H3. The van der Waals surface area contributed by atoms with E-state index in [1.54, 1.807) is 0 Å². The van der Waals surface area contributed by atoms with Gasteiger partial charge in [-0.05, 0) is 12.8 Å². The highest BCUT2D eigenvalue weighted by atomic mass is 32.2. The Balaban J connectivity index is 2.76. The summed E-state index contributed by atoms with van der Waals surface area (Å²) in [4.78, 5) is 0. The molecule has 0 bridgehead atoms. The van der Waals surface area contributed by atoms with Crippen LogP contribution in [0.15, 0.2) is 0 Å². The quantitative estimate of drug-likeness (QED) is 0.608. The predicted molar refractivity (Wildman–Crippen MR) is 45.3 cm³/mol. The number of hydrogen-bond donors (Lipinski definition) is 1. The van der Waals surface area contributed by atoms with Crippen LogP contribution in [0.25, 0.3) is 0 Å². The molecule has 4 heteroatoms. The first-order valence-corrected chi connectivity index (χ1v) is 5.67.